The molecule has 7 heteroatoms. The second-order valence-electron chi connectivity index (χ2n) is 3.85. The van der Waals surface area contributed by atoms with Gasteiger partial charge in [0.25, 0.3) is 0 Å². The van der Waals surface area contributed by atoms with Crippen LogP contribution in [-0.4, -0.2) is 37.5 Å². The van der Waals surface area contributed by atoms with Crippen LogP contribution in [0.2, 0.25) is 0 Å². The van der Waals surface area contributed by atoms with Gasteiger partial charge in [-0.05, 0) is 0 Å². The van der Waals surface area contributed by atoms with Crippen LogP contribution in [0.25, 0.3) is 0 Å². The summed E-state index contributed by atoms with van der Waals surface area (Å²) in [5, 5.41) is 0. The van der Waals surface area contributed by atoms with Gasteiger partial charge in [0.2, 0.25) is 5.91 Å². The van der Waals surface area contributed by atoms with Gasteiger partial charge in [0.05, 0.1) is 13.5 Å². The van der Waals surface area contributed by atoms with Crippen molar-refractivity contribution in [1.82, 2.24) is 4.90 Å². The number of hydrogen-bond donors (Lipinski definition) is 0. The third-order valence-electron chi connectivity index (χ3n) is 2.45. The number of likely N-dealkylation sites (N-methyl/N-ethyl adjacent to an activating group) is 1. The number of ether oxygens (including phenoxy) is 1. The van der Waals surface area contributed by atoms with Crippen LogP contribution >= 0.6 is 0 Å². The minimum absolute atomic E-state index is 0.334. The standard InChI is InChI=1S/C12H12F3NO3/c1-16(6-12(18)19-2)11(17)5-8-9(14)3-7(13)4-10(8)15/h3-4H,5-6H2,1-2H3. The topological polar surface area (TPSA) is 46.6 Å². The predicted molar refractivity (Wildman–Crippen MR) is 59.7 cm³/mol. The number of carbonyl (C=O) groups excluding carboxylic acids is 2. The average Bonchev–Trinajstić information content (AvgIpc) is 2.32. The van der Waals surface area contributed by atoms with Crippen LogP contribution in [0.15, 0.2) is 12.1 Å². The minimum atomic E-state index is -1.14. The van der Waals surface area contributed by atoms with E-state index in [2.05, 4.69) is 4.74 Å². The van der Waals surface area contributed by atoms with E-state index in [0.717, 1.165) is 12.0 Å². The van der Waals surface area contributed by atoms with Crippen molar-refractivity contribution in [3.8, 4) is 0 Å². The Hall–Kier alpha value is -2.05. The molecule has 0 heterocycles. The van der Waals surface area contributed by atoms with E-state index in [4.69, 9.17) is 0 Å². The molecule has 4 nitrogen and oxygen atoms in total. The highest BCUT2D eigenvalue weighted by Crippen LogP contribution is 2.16. The van der Waals surface area contributed by atoms with Gasteiger partial charge >= 0.3 is 5.97 Å². The van der Waals surface area contributed by atoms with E-state index in [-0.39, 0.29) is 6.54 Å². The Morgan fingerprint density at radius 2 is 1.74 bits per heavy atom. The third-order valence-corrected chi connectivity index (χ3v) is 2.45. The first-order valence-electron chi connectivity index (χ1n) is 5.29. The maximum absolute atomic E-state index is 13.3. The first-order valence-corrected chi connectivity index (χ1v) is 5.29. The van der Waals surface area contributed by atoms with Crippen molar-refractivity contribution in [3.05, 3.63) is 35.1 Å². The van der Waals surface area contributed by atoms with Gasteiger partial charge < -0.3 is 9.64 Å². The maximum atomic E-state index is 13.3. The molecule has 0 spiro atoms. The Morgan fingerprint density at radius 3 is 2.21 bits per heavy atom. The van der Waals surface area contributed by atoms with E-state index in [1.165, 1.54) is 7.05 Å². The molecule has 19 heavy (non-hydrogen) atoms. The zero-order valence-electron chi connectivity index (χ0n) is 10.4. The number of carbonyl (C=O) groups is 2. The number of methoxy groups -OCH3 is 1. The van der Waals surface area contributed by atoms with E-state index in [1.807, 2.05) is 0 Å². The van der Waals surface area contributed by atoms with E-state index < -0.39 is 41.3 Å². The lowest BCUT2D eigenvalue weighted by Gasteiger charge is -2.16. The minimum Gasteiger partial charge on any atom is -0.468 e. The molecule has 0 N–H and O–H groups in total. The van der Waals surface area contributed by atoms with Crippen LogP contribution in [0.3, 0.4) is 0 Å². The molecule has 104 valence electrons. The number of rotatable bonds is 4. The SMILES string of the molecule is COC(=O)CN(C)C(=O)Cc1c(F)cc(F)cc1F. The second-order valence-corrected chi connectivity index (χ2v) is 3.85. The van der Waals surface area contributed by atoms with Crippen molar-refractivity contribution in [2.45, 2.75) is 6.42 Å². The quantitative estimate of drug-likeness (QED) is 0.778. The largest absolute Gasteiger partial charge is 0.468 e. The lowest BCUT2D eigenvalue weighted by atomic mass is 10.1. The Morgan fingerprint density at radius 1 is 1.21 bits per heavy atom. The van der Waals surface area contributed by atoms with Crippen molar-refractivity contribution < 1.29 is 27.5 Å². The highest BCUT2D eigenvalue weighted by Gasteiger charge is 2.19. The van der Waals surface area contributed by atoms with E-state index >= 15 is 0 Å². The Balaban J connectivity index is 2.80. The van der Waals surface area contributed by atoms with Crippen LogP contribution in [0.1, 0.15) is 5.56 Å². The summed E-state index contributed by atoms with van der Waals surface area (Å²) >= 11 is 0. The summed E-state index contributed by atoms with van der Waals surface area (Å²) in [5.41, 5.74) is -0.539. The molecule has 0 aliphatic heterocycles. The van der Waals surface area contributed by atoms with Crippen molar-refractivity contribution in [2.24, 2.45) is 0 Å². The van der Waals surface area contributed by atoms with E-state index in [1.54, 1.807) is 0 Å². The maximum Gasteiger partial charge on any atom is 0.325 e. The van der Waals surface area contributed by atoms with Crippen LogP contribution in [0.4, 0.5) is 13.2 Å². The fourth-order valence-corrected chi connectivity index (χ4v) is 1.37. The van der Waals surface area contributed by atoms with Gasteiger partial charge in [0.1, 0.15) is 24.0 Å². The Kier molecular flexibility index (Phi) is 4.91. The van der Waals surface area contributed by atoms with E-state index in [9.17, 15) is 22.8 Å². The van der Waals surface area contributed by atoms with Crippen LogP contribution in [-0.2, 0) is 20.7 Å². The number of benzene rings is 1. The average molecular weight is 275 g/mol. The fraction of sp³-hybridized carbons (Fsp3) is 0.333. The van der Waals surface area contributed by atoms with E-state index in [0.29, 0.717) is 12.1 Å². The molecule has 1 rings (SSSR count). The molecule has 1 aromatic carbocycles. The van der Waals surface area contributed by atoms with Gasteiger partial charge in [-0.2, -0.15) is 0 Å². The molecule has 1 aromatic rings. The zero-order chi connectivity index (χ0) is 14.6. The molecule has 0 aromatic heterocycles. The number of hydrogen-bond acceptors (Lipinski definition) is 3. The van der Waals surface area contributed by atoms with Crippen LogP contribution in [0, 0.1) is 17.5 Å². The molecule has 0 atom stereocenters. The molecule has 0 aliphatic rings. The first-order chi connectivity index (χ1) is 8.85. The summed E-state index contributed by atoms with van der Waals surface area (Å²) < 4.78 is 43.7. The molecule has 1 amide bonds. The van der Waals surface area contributed by atoms with Gasteiger partial charge in [-0.1, -0.05) is 0 Å². The smallest absolute Gasteiger partial charge is 0.325 e. The number of halogens is 3. The molecule has 0 saturated carbocycles. The lowest BCUT2D eigenvalue weighted by molar-refractivity contribution is -0.145. The highest BCUT2D eigenvalue weighted by atomic mass is 19.1. The molecule has 0 bridgehead atoms. The molecular weight excluding hydrogens is 263 g/mol. The molecule has 0 unspecified atom stereocenters. The predicted octanol–water partition coefficient (Wildman–Crippen LogP) is 1.28. The monoisotopic (exact) mass is 275 g/mol. The molecule has 0 saturated heterocycles. The van der Waals surface area contributed by atoms with Gasteiger partial charge in [-0.3, -0.25) is 9.59 Å². The molecule has 0 radical (unpaired) electrons. The summed E-state index contributed by atoms with van der Waals surface area (Å²) in [6.45, 7) is -0.334. The van der Waals surface area contributed by atoms with Crippen molar-refractivity contribution in [3.63, 3.8) is 0 Å². The fourth-order valence-electron chi connectivity index (χ4n) is 1.37. The number of nitrogens with zero attached hydrogens (tertiary/aromatic N) is 1. The lowest BCUT2D eigenvalue weighted by Crippen LogP contribution is -2.34. The summed E-state index contributed by atoms with van der Waals surface area (Å²) in [4.78, 5) is 23.6. The van der Waals surface area contributed by atoms with Crippen molar-refractivity contribution in [1.29, 1.82) is 0 Å². The molecular formula is C12H12F3NO3. The van der Waals surface area contributed by atoms with Gasteiger partial charge in [0, 0.05) is 24.7 Å². The van der Waals surface area contributed by atoms with Crippen LogP contribution in [0.5, 0.6) is 0 Å². The summed E-state index contributed by atoms with van der Waals surface area (Å²) in [5.74, 6) is -4.69. The van der Waals surface area contributed by atoms with Gasteiger partial charge in [-0.15, -0.1) is 0 Å². The molecule has 0 fully saturated rings. The summed E-state index contributed by atoms with van der Waals surface area (Å²) in [7, 11) is 2.44. The van der Waals surface area contributed by atoms with Crippen LogP contribution < -0.4 is 0 Å². The number of esters is 1. The Labute approximate surface area is 107 Å². The van der Waals surface area contributed by atoms with Gasteiger partial charge in [-0.25, -0.2) is 13.2 Å². The Bertz CT molecular complexity index is 482. The second kappa shape index (κ2) is 6.21. The zero-order valence-corrected chi connectivity index (χ0v) is 10.4. The first kappa shape index (κ1) is 15.0. The molecule has 0 aliphatic carbocycles. The van der Waals surface area contributed by atoms with Crippen molar-refractivity contribution in [2.75, 3.05) is 20.7 Å². The number of amides is 1. The summed E-state index contributed by atoms with van der Waals surface area (Å²) in [6, 6.07) is 0.984. The van der Waals surface area contributed by atoms with Gasteiger partial charge in [0.15, 0.2) is 0 Å². The third kappa shape index (κ3) is 3.97. The summed E-state index contributed by atoms with van der Waals surface area (Å²) in [6.07, 6.45) is -0.606. The normalized spacial score (nSPS) is 10.2. The highest BCUT2D eigenvalue weighted by molar-refractivity contribution is 5.83. The van der Waals surface area contributed by atoms with Crippen molar-refractivity contribution >= 4 is 11.9 Å².